The van der Waals surface area contributed by atoms with Crippen LogP contribution in [0.4, 0.5) is 19.0 Å². The molecule has 1 aromatic carbocycles. The van der Waals surface area contributed by atoms with Gasteiger partial charge in [-0.05, 0) is 75.1 Å². The van der Waals surface area contributed by atoms with Crippen molar-refractivity contribution in [3.05, 3.63) is 65.0 Å². The summed E-state index contributed by atoms with van der Waals surface area (Å²) in [7, 11) is 0. The summed E-state index contributed by atoms with van der Waals surface area (Å²) in [5, 5.41) is 14.1. The standard InChI is InChI=1S/C39H45F3N6O4/c1-4-28-31(41)10-9-23-16-27(49)17-29(33(23)28)35-34(42)36-30(19-43-35)37(47-13-7-6-8-25(21-47)44-32(50)5-2)46-38(45-36)52-22-39(3)18-24(40)20-48(39)26-11-14-51-15-12-26/h1,5,9-10,19,24-27,29,49H,2,6-8,11-18,20-22H2,3H3,(H,44,50)/t24-,25?,27-,29+,39+/m1/s1. The molecule has 52 heavy (non-hydrogen) atoms. The minimum absolute atomic E-state index is 0.0188. The number of nitrogens with one attached hydrogen (secondary N) is 1. The zero-order chi connectivity index (χ0) is 36.6. The lowest BCUT2D eigenvalue weighted by Gasteiger charge is -2.41. The van der Waals surface area contributed by atoms with Crippen LogP contribution >= 0.6 is 0 Å². The van der Waals surface area contributed by atoms with E-state index in [4.69, 9.17) is 20.9 Å². The topological polar surface area (TPSA) is 113 Å². The summed E-state index contributed by atoms with van der Waals surface area (Å²) in [4.78, 5) is 30.4. The fraction of sp³-hybridized carbons (Fsp3) is 0.538. The van der Waals surface area contributed by atoms with Crippen LogP contribution in [0.5, 0.6) is 6.01 Å². The largest absolute Gasteiger partial charge is 0.461 e. The highest BCUT2D eigenvalue weighted by atomic mass is 19.1. The molecule has 2 aromatic heterocycles. The van der Waals surface area contributed by atoms with Gasteiger partial charge in [-0.25, -0.2) is 13.2 Å². The summed E-state index contributed by atoms with van der Waals surface area (Å²) in [5.41, 5.74) is 0.343. The van der Waals surface area contributed by atoms with Crippen molar-refractivity contribution in [2.45, 2.75) is 94.1 Å². The Bertz CT molecular complexity index is 1880. The maximum atomic E-state index is 17.1. The zero-order valence-electron chi connectivity index (χ0n) is 29.4. The molecular formula is C39H45F3N6O4. The number of likely N-dealkylation sites (tertiary alicyclic amines) is 1. The number of hydrogen-bond donors (Lipinski definition) is 2. The summed E-state index contributed by atoms with van der Waals surface area (Å²) < 4.78 is 59.0. The molecule has 5 atom stereocenters. The van der Waals surface area contributed by atoms with E-state index in [9.17, 15) is 14.3 Å². The second kappa shape index (κ2) is 15.0. The van der Waals surface area contributed by atoms with E-state index in [1.54, 1.807) is 6.07 Å². The molecule has 3 saturated heterocycles. The van der Waals surface area contributed by atoms with Crippen LogP contribution in [0.25, 0.3) is 10.9 Å². The number of alkyl halides is 1. The number of aliphatic hydroxyl groups excluding tert-OH is 1. The van der Waals surface area contributed by atoms with Crippen LogP contribution in [0, 0.1) is 24.0 Å². The van der Waals surface area contributed by atoms with Crippen molar-refractivity contribution in [3.8, 4) is 18.4 Å². The van der Waals surface area contributed by atoms with Gasteiger partial charge in [0.2, 0.25) is 5.91 Å². The minimum atomic E-state index is -1.03. The fourth-order valence-electron chi connectivity index (χ4n) is 8.67. The number of fused-ring (bicyclic) bond motifs is 2. The Morgan fingerprint density at radius 3 is 2.81 bits per heavy atom. The van der Waals surface area contributed by atoms with Gasteiger partial charge in [-0.2, -0.15) is 9.97 Å². The number of benzene rings is 1. The SMILES string of the molecule is C#Cc1c(F)ccc2c1[C@@H](c1ncc3c(N4CCCCC(NC(=O)C=C)C4)nc(OC[C@]4(C)C[C@@H](F)CN4C4CCOCC4)nc3c1F)C[C@H](O)C2. The predicted molar refractivity (Wildman–Crippen MR) is 190 cm³/mol. The first-order valence-electron chi connectivity index (χ1n) is 18.2. The third-order valence-corrected chi connectivity index (χ3v) is 11.1. The number of pyridine rings is 1. The predicted octanol–water partition coefficient (Wildman–Crippen LogP) is 4.74. The molecule has 10 nitrogen and oxygen atoms in total. The molecule has 3 fully saturated rings. The van der Waals surface area contributed by atoms with E-state index >= 15 is 8.78 Å². The van der Waals surface area contributed by atoms with Gasteiger partial charge in [-0.1, -0.05) is 18.6 Å². The lowest BCUT2D eigenvalue weighted by molar-refractivity contribution is -0.117. The molecule has 2 N–H and O–H groups in total. The van der Waals surface area contributed by atoms with Crippen LogP contribution in [-0.2, 0) is 16.0 Å². The Labute approximate surface area is 301 Å². The van der Waals surface area contributed by atoms with Gasteiger partial charge in [-0.3, -0.25) is 14.7 Å². The summed E-state index contributed by atoms with van der Waals surface area (Å²) in [6.45, 7) is 8.10. The second-order valence-electron chi connectivity index (χ2n) is 14.8. The maximum Gasteiger partial charge on any atom is 0.319 e. The highest BCUT2D eigenvalue weighted by Gasteiger charge is 2.46. The average Bonchev–Trinajstić information content (AvgIpc) is 3.27. The first kappa shape index (κ1) is 36.1. The first-order chi connectivity index (χ1) is 25.1. The van der Waals surface area contributed by atoms with E-state index < -0.39 is 35.4 Å². The maximum absolute atomic E-state index is 17.1. The Morgan fingerprint density at radius 1 is 1.23 bits per heavy atom. The third kappa shape index (κ3) is 7.08. The van der Waals surface area contributed by atoms with E-state index in [-0.39, 0.29) is 66.6 Å². The number of aliphatic hydroxyl groups is 1. The molecule has 4 aliphatic rings. The Kier molecular flexibility index (Phi) is 10.4. The van der Waals surface area contributed by atoms with Crippen LogP contribution in [0.2, 0.25) is 0 Å². The van der Waals surface area contributed by atoms with Gasteiger partial charge < -0.3 is 24.8 Å². The zero-order valence-corrected chi connectivity index (χ0v) is 29.4. The molecule has 0 bridgehead atoms. The van der Waals surface area contributed by atoms with Crippen molar-refractivity contribution in [1.29, 1.82) is 0 Å². The smallest absolute Gasteiger partial charge is 0.319 e. The Hall–Kier alpha value is -4.25. The van der Waals surface area contributed by atoms with Crippen molar-refractivity contribution >= 4 is 22.6 Å². The number of ether oxygens (including phenoxy) is 2. The number of anilines is 1. The molecule has 276 valence electrons. The molecule has 3 aliphatic heterocycles. The van der Waals surface area contributed by atoms with Gasteiger partial charge in [0.05, 0.1) is 28.3 Å². The van der Waals surface area contributed by atoms with Crippen LogP contribution < -0.4 is 15.0 Å². The van der Waals surface area contributed by atoms with Crippen LogP contribution in [0.15, 0.2) is 31.0 Å². The highest BCUT2D eigenvalue weighted by molar-refractivity contribution is 5.90. The molecule has 7 rings (SSSR count). The fourth-order valence-corrected chi connectivity index (χ4v) is 8.67. The minimum Gasteiger partial charge on any atom is -0.461 e. The molecule has 1 amide bonds. The van der Waals surface area contributed by atoms with E-state index in [2.05, 4.69) is 32.7 Å². The molecule has 0 radical (unpaired) electrons. The second-order valence-corrected chi connectivity index (χ2v) is 14.8. The van der Waals surface area contributed by atoms with Crippen molar-refractivity contribution in [3.63, 3.8) is 0 Å². The number of carbonyl (C=O) groups excluding carboxylic acids is 1. The average molecular weight is 719 g/mol. The molecule has 1 unspecified atom stereocenters. The molecule has 1 aliphatic carbocycles. The first-order valence-corrected chi connectivity index (χ1v) is 18.2. The summed E-state index contributed by atoms with van der Waals surface area (Å²) >= 11 is 0. The lowest BCUT2D eigenvalue weighted by Crippen LogP contribution is -2.52. The normalized spacial score (nSPS) is 27.1. The molecule has 0 saturated carbocycles. The van der Waals surface area contributed by atoms with Crippen molar-refractivity contribution in [2.75, 3.05) is 44.4 Å². The Balaban J connectivity index is 1.30. The van der Waals surface area contributed by atoms with E-state index in [1.807, 2.05) is 11.8 Å². The van der Waals surface area contributed by atoms with E-state index in [0.717, 1.165) is 32.1 Å². The van der Waals surface area contributed by atoms with Gasteiger partial charge in [0.1, 0.15) is 29.9 Å². The van der Waals surface area contributed by atoms with Gasteiger partial charge in [0, 0.05) is 63.5 Å². The number of nitrogens with zero attached hydrogens (tertiary/aromatic N) is 5. The number of terminal acetylenes is 1. The molecule has 0 spiro atoms. The molecular weight excluding hydrogens is 673 g/mol. The van der Waals surface area contributed by atoms with Crippen LogP contribution in [-0.4, -0.2) is 100 Å². The quantitative estimate of drug-likeness (QED) is 0.252. The van der Waals surface area contributed by atoms with Gasteiger partial charge >= 0.3 is 6.01 Å². The number of hydrogen-bond acceptors (Lipinski definition) is 9. The molecule has 5 heterocycles. The number of carbonyl (C=O) groups is 1. The molecule has 3 aromatic rings. The Morgan fingerprint density at radius 2 is 2.04 bits per heavy atom. The van der Waals surface area contributed by atoms with Crippen LogP contribution in [0.3, 0.4) is 0 Å². The van der Waals surface area contributed by atoms with E-state index in [1.165, 1.54) is 18.3 Å². The van der Waals surface area contributed by atoms with Gasteiger partial charge in [-0.15, -0.1) is 6.42 Å². The number of aromatic nitrogens is 3. The summed E-state index contributed by atoms with van der Waals surface area (Å²) in [6.07, 6.45) is 11.2. The molecule has 13 heteroatoms. The number of amides is 1. The van der Waals surface area contributed by atoms with Crippen LogP contribution in [0.1, 0.15) is 80.2 Å². The summed E-state index contributed by atoms with van der Waals surface area (Å²) in [6, 6.07) is 2.69. The number of rotatable bonds is 8. The van der Waals surface area contributed by atoms with Gasteiger partial charge in [0.15, 0.2) is 5.82 Å². The lowest BCUT2D eigenvalue weighted by atomic mass is 9.77. The monoisotopic (exact) mass is 718 g/mol. The third-order valence-electron chi connectivity index (χ3n) is 11.1. The number of halogens is 3. The van der Waals surface area contributed by atoms with Crippen molar-refractivity contribution in [2.24, 2.45) is 0 Å². The van der Waals surface area contributed by atoms with E-state index in [0.29, 0.717) is 55.2 Å². The van der Waals surface area contributed by atoms with Crippen molar-refractivity contribution < 1.29 is 32.5 Å². The van der Waals surface area contributed by atoms with Gasteiger partial charge in [0.25, 0.3) is 0 Å². The summed E-state index contributed by atoms with van der Waals surface area (Å²) in [5.74, 6) is 0.332. The highest BCUT2D eigenvalue weighted by Crippen LogP contribution is 2.42. The van der Waals surface area contributed by atoms with Crippen molar-refractivity contribution in [1.82, 2.24) is 25.2 Å².